The molecule has 6 heteroatoms. The van der Waals surface area contributed by atoms with Crippen molar-refractivity contribution < 1.29 is 28.6 Å². The van der Waals surface area contributed by atoms with Crippen LogP contribution in [0.1, 0.15) is 323 Å². The van der Waals surface area contributed by atoms with Gasteiger partial charge in [0, 0.05) is 19.3 Å². The first kappa shape index (κ1) is 63.9. The van der Waals surface area contributed by atoms with E-state index in [9.17, 15) is 14.4 Å². The summed E-state index contributed by atoms with van der Waals surface area (Å²) in [6, 6.07) is 0. The lowest BCUT2D eigenvalue weighted by atomic mass is 10.0. The molecule has 0 aromatic heterocycles. The van der Waals surface area contributed by atoms with Gasteiger partial charge >= 0.3 is 17.9 Å². The van der Waals surface area contributed by atoms with E-state index in [1.807, 2.05) is 0 Å². The van der Waals surface area contributed by atoms with Gasteiger partial charge in [0.15, 0.2) is 6.10 Å². The topological polar surface area (TPSA) is 78.9 Å². The van der Waals surface area contributed by atoms with Crippen LogP contribution in [0.4, 0.5) is 0 Å². The second-order valence-electron chi connectivity index (χ2n) is 19.9. The van der Waals surface area contributed by atoms with E-state index in [4.69, 9.17) is 14.2 Å². The maximum atomic E-state index is 12.9. The minimum Gasteiger partial charge on any atom is -0.462 e. The first-order valence-electron chi connectivity index (χ1n) is 29.3. The Balaban J connectivity index is 4.32. The van der Waals surface area contributed by atoms with Crippen LogP contribution in [0.3, 0.4) is 0 Å². The molecule has 0 spiro atoms. The van der Waals surface area contributed by atoms with Gasteiger partial charge in [-0.05, 0) is 70.6 Å². The predicted molar refractivity (Wildman–Crippen MR) is 284 cm³/mol. The summed E-state index contributed by atoms with van der Waals surface area (Å²) < 4.78 is 16.9. The van der Waals surface area contributed by atoms with Crippen LogP contribution in [0.2, 0.25) is 0 Å². The summed E-state index contributed by atoms with van der Waals surface area (Å²) in [6.45, 7) is 6.66. The van der Waals surface area contributed by atoms with E-state index in [2.05, 4.69) is 45.1 Å². The summed E-state index contributed by atoms with van der Waals surface area (Å²) in [7, 11) is 0. The van der Waals surface area contributed by atoms with E-state index in [-0.39, 0.29) is 31.1 Å². The molecule has 0 fully saturated rings. The number of allylic oxidation sites excluding steroid dienone is 4. The van der Waals surface area contributed by atoms with E-state index in [1.165, 1.54) is 218 Å². The van der Waals surface area contributed by atoms with Crippen molar-refractivity contribution in [3.63, 3.8) is 0 Å². The standard InChI is InChI=1S/C60H112O6/c1-4-7-10-13-16-19-22-25-27-29-31-32-35-38-41-44-47-50-53-59(62)65-56-57(55-64-58(61)52-49-46-43-40-37-34-24-21-18-15-12-9-6-3)66-60(63)54-51-48-45-42-39-36-33-30-28-26-23-20-17-14-11-8-5-2/h21,24,26,28,57H,4-20,22-23,25,27,29-56H2,1-3H3/b24-21-,28-26-. The summed E-state index contributed by atoms with van der Waals surface area (Å²) in [5, 5.41) is 0. The Kier molecular flexibility index (Phi) is 53.7. The normalized spacial score (nSPS) is 12.1. The maximum Gasteiger partial charge on any atom is 0.306 e. The van der Waals surface area contributed by atoms with Crippen LogP contribution in [0.15, 0.2) is 24.3 Å². The van der Waals surface area contributed by atoms with E-state index >= 15 is 0 Å². The average Bonchev–Trinajstić information content (AvgIpc) is 3.31. The van der Waals surface area contributed by atoms with Crippen LogP contribution in [0.25, 0.3) is 0 Å². The van der Waals surface area contributed by atoms with Gasteiger partial charge in [0.1, 0.15) is 13.2 Å². The molecule has 0 amide bonds. The third kappa shape index (κ3) is 52.9. The van der Waals surface area contributed by atoms with Crippen LogP contribution < -0.4 is 0 Å². The largest absolute Gasteiger partial charge is 0.462 e. The van der Waals surface area contributed by atoms with Gasteiger partial charge in [-0.2, -0.15) is 0 Å². The smallest absolute Gasteiger partial charge is 0.306 e. The molecule has 0 aromatic carbocycles. The zero-order valence-electron chi connectivity index (χ0n) is 44.5. The summed E-state index contributed by atoms with van der Waals surface area (Å²) in [6.07, 6.45) is 64.5. The second kappa shape index (κ2) is 55.5. The van der Waals surface area contributed by atoms with Gasteiger partial charge in [0.05, 0.1) is 0 Å². The molecule has 0 aliphatic rings. The number of carbonyl (C=O) groups excluding carboxylic acids is 3. The zero-order chi connectivity index (χ0) is 47.9. The van der Waals surface area contributed by atoms with Crippen LogP contribution in [-0.4, -0.2) is 37.2 Å². The Bertz CT molecular complexity index is 1070. The number of esters is 3. The molecule has 388 valence electrons. The zero-order valence-corrected chi connectivity index (χ0v) is 44.5. The Morgan fingerprint density at radius 1 is 0.288 bits per heavy atom. The van der Waals surface area contributed by atoms with Gasteiger partial charge in [-0.15, -0.1) is 0 Å². The van der Waals surface area contributed by atoms with Gasteiger partial charge in [-0.3, -0.25) is 14.4 Å². The van der Waals surface area contributed by atoms with Crippen LogP contribution in [-0.2, 0) is 28.6 Å². The molecule has 1 unspecified atom stereocenters. The number of hydrogen-bond donors (Lipinski definition) is 0. The third-order valence-electron chi connectivity index (χ3n) is 13.2. The lowest BCUT2D eigenvalue weighted by molar-refractivity contribution is -0.167. The molecule has 6 nitrogen and oxygen atoms in total. The molecule has 0 aromatic rings. The second-order valence-corrected chi connectivity index (χ2v) is 19.9. The Morgan fingerprint density at radius 3 is 0.773 bits per heavy atom. The molecule has 0 aliphatic heterocycles. The van der Waals surface area contributed by atoms with Crippen molar-refractivity contribution in [2.45, 2.75) is 329 Å². The highest BCUT2D eigenvalue weighted by molar-refractivity contribution is 5.71. The first-order valence-corrected chi connectivity index (χ1v) is 29.3. The fraction of sp³-hybridized carbons (Fsp3) is 0.883. The fourth-order valence-electron chi connectivity index (χ4n) is 8.73. The average molecular weight is 930 g/mol. The summed E-state index contributed by atoms with van der Waals surface area (Å²) in [5.74, 6) is -0.864. The van der Waals surface area contributed by atoms with Crippen LogP contribution >= 0.6 is 0 Å². The Morgan fingerprint density at radius 2 is 0.500 bits per heavy atom. The summed E-state index contributed by atoms with van der Waals surface area (Å²) in [5.41, 5.74) is 0. The first-order chi connectivity index (χ1) is 32.5. The van der Waals surface area contributed by atoms with Crippen LogP contribution in [0.5, 0.6) is 0 Å². The molecule has 66 heavy (non-hydrogen) atoms. The monoisotopic (exact) mass is 929 g/mol. The van der Waals surface area contributed by atoms with E-state index < -0.39 is 6.10 Å². The lowest BCUT2D eigenvalue weighted by Gasteiger charge is -2.18. The Labute approximate surface area is 411 Å². The molecule has 0 saturated heterocycles. The molecule has 0 saturated carbocycles. The number of unbranched alkanes of at least 4 members (excludes halogenated alkanes) is 39. The molecule has 0 rings (SSSR count). The highest BCUT2D eigenvalue weighted by atomic mass is 16.6. The van der Waals surface area contributed by atoms with Crippen molar-refractivity contribution in [1.29, 1.82) is 0 Å². The molecule has 0 aliphatic carbocycles. The van der Waals surface area contributed by atoms with Gasteiger partial charge in [0.2, 0.25) is 0 Å². The van der Waals surface area contributed by atoms with Gasteiger partial charge in [-0.25, -0.2) is 0 Å². The number of carbonyl (C=O) groups is 3. The molecule has 0 bridgehead atoms. The maximum absolute atomic E-state index is 12.9. The van der Waals surface area contributed by atoms with Gasteiger partial charge < -0.3 is 14.2 Å². The molecule has 0 heterocycles. The molecule has 0 N–H and O–H groups in total. The lowest BCUT2D eigenvalue weighted by Crippen LogP contribution is -2.30. The summed E-state index contributed by atoms with van der Waals surface area (Å²) >= 11 is 0. The van der Waals surface area contributed by atoms with E-state index in [1.54, 1.807) is 0 Å². The predicted octanol–water partition coefficient (Wildman–Crippen LogP) is 19.5. The molecular formula is C60H112O6. The van der Waals surface area contributed by atoms with E-state index in [0.29, 0.717) is 19.3 Å². The SMILES string of the molecule is CCCCCC/C=C\CCCCCCCC(=O)OCC(COC(=O)CCCCCCCCCCCCCCCCCCCC)OC(=O)CCCCCCCCC/C=C\CCCCCCCC. The minimum absolute atomic E-state index is 0.0711. The van der Waals surface area contributed by atoms with Crippen LogP contribution in [0, 0.1) is 0 Å². The molecular weight excluding hydrogens is 817 g/mol. The fourth-order valence-corrected chi connectivity index (χ4v) is 8.73. The van der Waals surface area contributed by atoms with Gasteiger partial charge in [0.25, 0.3) is 0 Å². The quantitative estimate of drug-likeness (QED) is 0.0262. The van der Waals surface area contributed by atoms with Crippen molar-refractivity contribution >= 4 is 17.9 Å². The number of rotatable bonds is 54. The third-order valence-corrected chi connectivity index (χ3v) is 13.2. The van der Waals surface area contributed by atoms with Crippen molar-refractivity contribution in [3.05, 3.63) is 24.3 Å². The Hall–Kier alpha value is -2.11. The molecule has 1 atom stereocenters. The van der Waals surface area contributed by atoms with Crippen molar-refractivity contribution in [3.8, 4) is 0 Å². The van der Waals surface area contributed by atoms with Crippen molar-refractivity contribution in [2.24, 2.45) is 0 Å². The minimum atomic E-state index is -0.773. The molecule has 0 radical (unpaired) electrons. The number of hydrogen-bond acceptors (Lipinski definition) is 6. The highest BCUT2D eigenvalue weighted by Crippen LogP contribution is 2.17. The van der Waals surface area contributed by atoms with Crippen molar-refractivity contribution in [2.75, 3.05) is 13.2 Å². The highest BCUT2D eigenvalue weighted by Gasteiger charge is 2.19. The van der Waals surface area contributed by atoms with Gasteiger partial charge in [-0.1, -0.05) is 257 Å². The summed E-state index contributed by atoms with van der Waals surface area (Å²) in [4.78, 5) is 38.1. The van der Waals surface area contributed by atoms with E-state index in [0.717, 1.165) is 64.2 Å². The number of ether oxygens (including phenoxy) is 3. The van der Waals surface area contributed by atoms with Crippen molar-refractivity contribution in [1.82, 2.24) is 0 Å².